The summed E-state index contributed by atoms with van der Waals surface area (Å²) in [5, 5.41) is 7.50. The van der Waals surface area contributed by atoms with Gasteiger partial charge in [-0.2, -0.15) is 0 Å². The second-order valence-electron chi connectivity index (χ2n) is 5.86. The number of likely N-dealkylation sites (N-methyl/N-ethyl adjacent to an activating group) is 1. The predicted octanol–water partition coefficient (Wildman–Crippen LogP) is 0.881. The Balaban J connectivity index is 1.47. The van der Waals surface area contributed by atoms with Crippen LogP contribution >= 0.6 is 11.8 Å². The molecule has 1 saturated heterocycles. The standard InChI is InChI=1S/C17H21N5O3S/c1-21(11-14(23)22-7-9-25-10-8-22)15(24)12-26-17-18-16(19-20-17)13-5-3-2-4-6-13/h2-6H,7-12H2,1H3,(H,18,19,20). The second-order valence-corrected chi connectivity index (χ2v) is 6.81. The quantitative estimate of drug-likeness (QED) is 0.754. The first kappa shape index (κ1) is 18.4. The van der Waals surface area contributed by atoms with Crippen molar-refractivity contribution < 1.29 is 14.3 Å². The number of H-pyrrole nitrogens is 1. The molecule has 1 aliphatic rings. The van der Waals surface area contributed by atoms with Crippen LogP contribution in [0.2, 0.25) is 0 Å². The molecule has 0 saturated carbocycles. The molecule has 26 heavy (non-hydrogen) atoms. The molecule has 1 aromatic heterocycles. The van der Waals surface area contributed by atoms with E-state index in [0.29, 0.717) is 37.3 Å². The second kappa shape index (κ2) is 8.81. The largest absolute Gasteiger partial charge is 0.378 e. The molecule has 1 fully saturated rings. The molecule has 3 rings (SSSR count). The van der Waals surface area contributed by atoms with Gasteiger partial charge in [-0.1, -0.05) is 42.1 Å². The van der Waals surface area contributed by atoms with Gasteiger partial charge in [0.25, 0.3) is 0 Å². The SMILES string of the molecule is CN(CC(=O)N1CCOCC1)C(=O)CSc1n[nH]c(-c2ccccc2)n1. The number of ether oxygens (including phenoxy) is 1. The number of aromatic amines is 1. The molecule has 2 aromatic rings. The molecule has 1 N–H and O–H groups in total. The molecule has 8 nitrogen and oxygen atoms in total. The molecule has 0 spiro atoms. The summed E-state index contributed by atoms with van der Waals surface area (Å²) in [7, 11) is 1.63. The number of hydrogen-bond acceptors (Lipinski definition) is 6. The smallest absolute Gasteiger partial charge is 0.242 e. The molecule has 0 aliphatic carbocycles. The van der Waals surface area contributed by atoms with Gasteiger partial charge in [-0.3, -0.25) is 14.7 Å². The third kappa shape index (κ3) is 4.83. The predicted molar refractivity (Wildman–Crippen MR) is 97.6 cm³/mol. The maximum Gasteiger partial charge on any atom is 0.242 e. The minimum Gasteiger partial charge on any atom is -0.378 e. The fraction of sp³-hybridized carbons (Fsp3) is 0.412. The van der Waals surface area contributed by atoms with Crippen molar-refractivity contribution in [1.29, 1.82) is 0 Å². The van der Waals surface area contributed by atoms with Crippen LogP contribution in [0.1, 0.15) is 0 Å². The van der Waals surface area contributed by atoms with Crippen LogP contribution in [0.15, 0.2) is 35.5 Å². The van der Waals surface area contributed by atoms with E-state index in [1.165, 1.54) is 16.7 Å². The number of nitrogens with zero attached hydrogens (tertiary/aromatic N) is 4. The number of amides is 2. The molecule has 1 aromatic carbocycles. The van der Waals surface area contributed by atoms with Crippen LogP contribution in [-0.4, -0.2) is 82.4 Å². The number of nitrogens with one attached hydrogen (secondary N) is 1. The van der Waals surface area contributed by atoms with E-state index in [0.717, 1.165) is 5.56 Å². The zero-order valence-corrected chi connectivity index (χ0v) is 15.4. The van der Waals surface area contributed by atoms with Crippen molar-refractivity contribution >= 4 is 23.6 Å². The molecule has 0 radical (unpaired) electrons. The number of carbonyl (C=O) groups is 2. The Morgan fingerprint density at radius 1 is 1.27 bits per heavy atom. The van der Waals surface area contributed by atoms with Crippen molar-refractivity contribution in [3.05, 3.63) is 30.3 Å². The highest BCUT2D eigenvalue weighted by Crippen LogP contribution is 2.19. The van der Waals surface area contributed by atoms with Gasteiger partial charge in [0.1, 0.15) is 0 Å². The summed E-state index contributed by atoms with van der Waals surface area (Å²) in [5.41, 5.74) is 0.936. The molecule has 0 unspecified atom stereocenters. The van der Waals surface area contributed by atoms with Gasteiger partial charge < -0.3 is 14.5 Å². The van der Waals surface area contributed by atoms with Crippen LogP contribution in [0.4, 0.5) is 0 Å². The lowest BCUT2D eigenvalue weighted by Crippen LogP contribution is -2.46. The fourth-order valence-corrected chi connectivity index (χ4v) is 3.22. The van der Waals surface area contributed by atoms with Crippen molar-refractivity contribution in [1.82, 2.24) is 25.0 Å². The van der Waals surface area contributed by atoms with Crippen LogP contribution in [-0.2, 0) is 14.3 Å². The van der Waals surface area contributed by atoms with E-state index in [9.17, 15) is 9.59 Å². The van der Waals surface area contributed by atoms with Gasteiger partial charge in [0.05, 0.1) is 25.5 Å². The molecule has 9 heteroatoms. The molecule has 0 bridgehead atoms. The first-order valence-electron chi connectivity index (χ1n) is 8.33. The van der Waals surface area contributed by atoms with Gasteiger partial charge in [-0.05, 0) is 0 Å². The molecular weight excluding hydrogens is 354 g/mol. The number of benzene rings is 1. The van der Waals surface area contributed by atoms with Gasteiger partial charge in [0.2, 0.25) is 17.0 Å². The highest BCUT2D eigenvalue weighted by atomic mass is 32.2. The number of carbonyl (C=O) groups excluding carboxylic acids is 2. The highest BCUT2D eigenvalue weighted by molar-refractivity contribution is 7.99. The molecule has 0 atom stereocenters. The number of hydrogen-bond donors (Lipinski definition) is 1. The van der Waals surface area contributed by atoms with Gasteiger partial charge >= 0.3 is 0 Å². The Labute approximate surface area is 155 Å². The van der Waals surface area contributed by atoms with Gasteiger partial charge in [0.15, 0.2) is 5.82 Å². The van der Waals surface area contributed by atoms with Crippen LogP contribution in [0.25, 0.3) is 11.4 Å². The molecule has 2 heterocycles. The summed E-state index contributed by atoms with van der Waals surface area (Å²) in [5.74, 6) is 0.649. The fourth-order valence-electron chi connectivity index (χ4n) is 2.48. The van der Waals surface area contributed by atoms with Gasteiger partial charge in [0, 0.05) is 25.7 Å². The molecule has 2 amide bonds. The van der Waals surface area contributed by atoms with Gasteiger partial charge in [-0.25, -0.2) is 4.98 Å². The van der Waals surface area contributed by atoms with Crippen molar-refractivity contribution in [3.63, 3.8) is 0 Å². The van der Waals surface area contributed by atoms with Crippen molar-refractivity contribution in [2.24, 2.45) is 0 Å². The Morgan fingerprint density at radius 3 is 2.73 bits per heavy atom. The summed E-state index contributed by atoms with van der Waals surface area (Å²) < 4.78 is 5.23. The maximum absolute atomic E-state index is 12.3. The Kier molecular flexibility index (Phi) is 6.24. The Hall–Kier alpha value is -2.39. The summed E-state index contributed by atoms with van der Waals surface area (Å²) in [6, 6.07) is 9.65. The van der Waals surface area contributed by atoms with E-state index in [2.05, 4.69) is 15.2 Å². The minimum atomic E-state index is -0.136. The molecule has 138 valence electrons. The highest BCUT2D eigenvalue weighted by Gasteiger charge is 2.20. The number of thioether (sulfide) groups is 1. The van der Waals surface area contributed by atoms with Crippen LogP contribution in [0, 0.1) is 0 Å². The van der Waals surface area contributed by atoms with Gasteiger partial charge in [-0.15, -0.1) is 5.10 Å². The average Bonchev–Trinajstić information content (AvgIpc) is 3.16. The molecule has 1 aliphatic heterocycles. The maximum atomic E-state index is 12.3. The summed E-state index contributed by atoms with van der Waals surface area (Å²) >= 11 is 1.25. The lowest BCUT2D eigenvalue weighted by atomic mass is 10.2. The van der Waals surface area contributed by atoms with Crippen LogP contribution in [0.5, 0.6) is 0 Å². The third-order valence-electron chi connectivity index (χ3n) is 4.00. The topological polar surface area (TPSA) is 91.4 Å². The van der Waals surface area contributed by atoms with Crippen molar-refractivity contribution in [2.75, 3.05) is 45.6 Å². The summed E-state index contributed by atoms with van der Waals surface area (Å²) in [4.78, 5) is 32.0. The number of aromatic nitrogens is 3. The van der Waals surface area contributed by atoms with E-state index in [4.69, 9.17) is 4.74 Å². The Bertz CT molecular complexity index is 746. The summed E-state index contributed by atoms with van der Waals surface area (Å²) in [6.45, 7) is 2.33. The van der Waals surface area contributed by atoms with E-state index in [-0.39, 0.29) is 24.1 Å². The first-order chi connectivity index (χ1) is 12.6. The summed E-state index contributed by atoms with van der Waals surface area (Å²) in [6.07, 6.45) is 0. The normalized spacial score (nSPS) is 14.3. The third-order valence-corrected chi connectivity index (χ3v) is 4.83. The first-order valence-corrected chi connectivity index (χ1v) is 9.32. The van der Waals surface area contributed by atoms with Crippen LogP contribution in [0.3, 0.4) is 0 Å². The number of rotatable bonds is 6. The zero-order valence-electron chi connectivity index (χ0n) is 14.6. The van der Waals surface area contributed by atoms with Crippen molar-refractivity contribution in [2.45, 2.75) is 5.16 Å². The van der Waals surface area contributed by atoms with E-state index >= 15 is 0 Å². The minimum absolute atomic E-state index is 0.0570. The zero-order chi connectivity index (χ0) is 18.4. The average molecular weight is 375 g/mol. The van der Waals surface area contributed by atoms with Crippen LogP contribution < -0.4 is 0 Å². The van der Waals surface area contributed by atoms with E-state index in [1.807, 2.05) is 30.3 Å². The lowest BCUT2D eigenvalue weighted by Gasteiger charge is -2.28. The molecular formula is C17H21N5O3S. The van der Waals surface area contributed by atoms with E-state index in [1.54, 1.807) is 11.9 Å². The Morgan fingerprint density at radius 2 is 2.00 bits per heavy atom. The number of morpholine rings is 1. The van der Waals surface area contributed by atoms with E-state index < -0.39 is 0 Å². The lowest BCUT2D eigenvalue weighted by molar-refractivity contribution is -0.140. The van der Waals surface area contributed by atoms with Crippen molar-refractivity contribution in [3.8, 4) is 11.4 Å². The monoisotopic (exact) mass is 375 g/mol.